The molecule has 0 unspecified atom stereocenters. The number of hydrogen-bond donors (Lipinski definition) is 1. The standard InChI is InChI=1S/C12H18N2O2/c1-2-16-12(15)11-9-7-5-3-4-6-8-10(9)13-14-11/h2-8H2,1H3,(H,13,14). The molecule has 0 saturated heterocycles. The van der Waals surface area contributed by atoms with Crippen LogP contribution in [0, 0.1) is 0 Å². The van der Waals surface area contributed by atoms with Gasteiger partial charge in [-0.25, -0.2) is 4.79 Å². The lowest BCUT2D eigenvalue weighted by atomic mass is 9.97. The zero-order valence-electron chi connectivity index (χ0n) is 9.71. The van der Waals surface area contributed by atoms with Crippen LogP contribution in [-0.2, 0) is 17.6 Å². The van der Waals surface area contributed by atoms with E-state index >= 15 is 0 Å². The molecule has 0 spiro atoms. The number of carbonyl (C=O) groups excluding carboxylic acids is 1. The Labute approximate surface area is 95.4 Å². The van der Waals surface area contributed by atoms with E-state index < -0.39 is 0 Å². The van der Waals surface area contributed by atoms with Gasteiger partial charge < -0.3 is 4.74 Å². The van der Waals surface area contributed by atoms with E-state index in [1.807, 2.05) is 6.92 Å². The second kappa shape index (κ2) is 5.14. The third-order valence-corrected chi connectivity index (χ3v) is 3.03. The van der Waals surface area contributed by atoms with Crippen molar-refractivity contribution in [2.75, 3.05) is 6.61 Å². The zero-order valence-corrected chi connectivity index (χ0v) is 9.71. The molecule has 1 aromatic heterocycles. The van der Waals surface area contributed by atoms with Crippen molar-refractivity contribution >= 4 is 5.97 Å². The molecule has 4 nitrogen and oxygen atoms in total. The molecule has 1 aliphatic carbocycles. The molecule has 88 valence electrons. The number of hydrogen-bond acceptors (Lipinski definition) is 3. The fourth-order valence-electron chi connectivity index (χ4n) is 2.20. The summed E-state index contributed by atoms with van der Waals surface area (Å²) in [4.78, 5) is 11.7. The Morgan fingerprint density at radius 1 is 1.31 bits per heavy atom. The van der Waals surface area contributed by atoms with Crippen molar-refractivity contribution in [2.24, 2.45) is 0 Å². The summed E-state index contributed by atoms with van der Waals surface area (Å²) < 4.78 is 5.00. The molecule has 2 rings (SSSR count). The molecule has 0 radical (unpaired) electrons. The van der Waals surface area contributed by atoms with Crippen LogP contribution in [0.25, 0.3) is 0 Å². The van der Waals surface area contributed by atoms with Crippen LogP contribution in [0.3, 0.4) is 0 Å². The van der Waals surface area contributed by atoms with E-state index in [4.69, 9.17) is 4.74 Å². The van der Waals surface area contributed by atoms with Crippen molar-refractivity contribution in [3.05, 3.63) is 17.0 Å². The van der Waals surface area contributed by atoms with Crippen LogP contribution in [0.5, 0.6) is 0 Å². The molecule has 0 aromatic carbocycles. The predicted molar refractivity (Wildman–Crippen MR) is 60.4 cm³/mol. The monoisotopic (exact) mass is 222 g/mol. The summed E-state index contributed by atoms with van der Waals surface area (Å²) in [6.45, 7) is 2.22. The third kappa shape index (κ3) is 2.26. The van der Waals surface area contributed by atoms with Gasteiger partial charge in [0.2, 0.25) is 0 Å². The van der Waals surface area contributed by atoms with E-state index in [2.05, 4.69) is 10.2 Å². The smallest absolute Gasteiger partial charge is 0.359 e. The van der Waals surface area contributed by atoms with Gasteiger partial charge in [-0.1, -0.05) is 12.8 Å². The van der Waals surface area contributed by atoms with E-state index in [1.165, 1.54) is 19.3 Å². The molecule has 4 heteroatoms. The van der Waals surface area contributed by atoms with Crippen molar-refractivity contribution in [2.45, 2.75) is 45.4 Å². The molecular weight excluding hydrogens is 204 g/mol. The molecule has 0 aliphatic heterocycles. The summed E-state index contributed by atoms with van der Waals surface area (Å²) in [6.07, 6.45) is 6.78. The van der Waals surface area contributed by atoms with Crippen LogP contribution >= 0.6 is 0 Å². The van der Waals surface area contributed by atoms with Gasteiger partial charge in [-0.3, -0.25) is 5.10 Å². The Morgan fingerprint density at radius 3 is 2.81 bits per heavy atom. The molecule has 1 aliphatic rings. The van der Waals surface area contributed by atoms with Crippen molar-refractivity contribution in [3.8, 4) is 0 Å². The van der Waals surface area contributed by atoms with Crippen molar-refractivity contribution in [3.63, 3.8) is 0 Å². The topological polar surface area (TPSA) is 55.0 Å². The fraction of sp³-hybridized carbons (Fsp3) is 0.667. The quantitative estimate of drug-likeness (QED) is 0.781. The molecule has 1 heterocycles. The highest BCUT2D eigenvalue weighted by Crippen LogP contribution is 2.21. The molecular formula is C12H18N2O2. The Morgan fingerprint density at radius 2 is 2.06 bits per heavy atom. The summed E-state index contributed by atoms with van der Waals surface area (Å²) in [6, 6.07) is 0. The number of aromatic nitrogens is 2. The summed E-state index contributed by atoms with van der Waals surface area (Å²) in [5.74, 6) is -0.291. The minimum Gasteiger partial charge on any atom is -0.461 e. The minimum atomic E-state index is -0.291. The van der Waals surface area contributed by atoms with Crippen LogP contribution in [-0.4, -0.2) is 22.8 Å². The maximum atomic E-state index is 11.7. The Balaban J connectivity index is 2.23. The van der Waals surface area contributed by atoms with Crippen molar-refractivity contribution in [1.82, 2.24) is 10.2 Å². The number of H-pyrrole nitrogens is 1. The predicted octanol–water partition coefficient (Wildman–Crippen LogP) is 2.25. The lowest BCUT2D eigenvalue weighted by Gasteiger charge is -2.09. The highest BCUT2D eigenvalue weighted by molar-refractivity contribution is 5.89. The molecule has 0 fully saturated rings. The Bertz CT molecular complexity index is 371. The molecule has 16 heavy (non-hydrogen) atoms. The second-order valence-electron chi connectivity index (χ2n) is 4.16. The number of aromatic amines is 1. The van der Waals surface area contributed by atoms with Gasteiger partial charge in [0.25, 0.3) is 0 Å². The number of carbonyl (C=O) groups is 1. The molecule has 0 bridgehead atoms. The minimum absolute atomic E-state index is 0.291. The summed E-state index contributed by atoms with van der Waals surface area (Å²) in [5, 5.41) is 7.08. The van der Waals surface area contributed by atoms with Crippen LogP contribution in [0.15, 0.2) is 0 Å². The number of nitrogens with one attached hydrogen (secondary N) is 1. The van der Waals surface area contributed by atoms with E-state index in [9.17, 15) is 4.79 Å². The van der Waals surface area contributed by atoms with Crippen LogP contribution in [0.4, 0.5) is 0 Å². The largest absolute Gasteiger partial charge is 0.461 e. The summed E-state index contributed by atoms with van der Waals surface area (Å²) in [7, 11) is 0. The zero-order chi connectivity index (χ0) is 11.4. The van der Waals surface area contributed by atoms with Crippen LogP contribution in [0.2, 0.25) is 0 Å². The molecule has 0 saturated carbocycles. The van der Waals surface area contributed by atoms with Gasteiger partial charge in [-0.2, -0.15) is 5.10 Å². The SMILES string of the molecule is CCOC(=O)c1n[nH]c2c1CCCCCC2. The fourth-order valence-corrected chi connectivity index (χ4v) is 2.20. The highest BCUT2D eigenvalue weighted by Gasteiger charge is 2.20. The molecule has 0 atom stereocenters. The molecule has 1 N–H and O–H groups in total. The van der Waals surface area contributed by atoms with Gasteiger partial charge in [-0.05, 0) is 32.6 Å². The van der Waals surface area contributed by atoms with Crippen molar-refractivity contribution < 1.29 is 9.53 Å². The van der Waals surface area contributed by atoms with Gasteiger partial charge in [0.05, 0.1) is 6.61 Å². The average Bonchev–Trinajstić information content (AvgIpc) is 2.60. The second-order valence-corrected chi connectivity index (χ2v) is 4.16. The number of esters is 1. The lowest BCUT2D eigenvalue weighted by Crippen LogP contribution is -2.09. The van der Waals surface area contributed by atoms with Crippen molar-refractivity contribution in [1.29, 1.82) is 0 Å². The Hall–Kier alpha value is -1.32. The van der Waals surface area contributed by atoms with Crippen LogP contribution in [0.1, 0.15) is 54.4 Å². The van der Waals surface area contributed by atoms with Gasteiger partial charge in [0.1, 0.15) is 0 Å². The first kappa shape index (κ1) is 11.2. The number of rotatable bonds is 2. The summed E-state index contributed by atoms with van der Waals surface area (Å²) in [5.41, 5.74) is 2.71. The average molecular weight is 222 g/mol. The van der Waals surface area contributed by atoms with E-state index in [1.54, 1.807) is 0 Å². The van der Waals surface area contributed by atoms with Gasteiger partial charge in [0, 0.05) is 11.3 Å². The maximum absolute atomic E-state index is 11.7. The number of fused-ring (bicyclic) bond motifs is 1. The highest BCUT2D eigenvalue weighted by atomic mass is 16.5. The van der Waals surface area contributed by atoms with Crippen LogP contribution < -0.4 is 0 Å². The number of nitrogens with zero attached hydrogens (tertiary/aromatic N) is 1. The third-order valence-electron chi connectivity index (χ3n) is 3.03. The van der Waals surface area contributed by atoms with Gasteiger partial charge in [0.15, 0.2) is 5.69 Å². The number of aryl methyl sites for hydroxylation is 1. The summed E-state index contributed by atoms with van der Waals surface area (Å²) >= 11 is 0. The number of ether oxygens (including phenoxy) is 1. The normalized spacial score (nSPS) is 16.1. The van der Waals surface area contributed by atoms with E-state index in [0.29, 0.717) is 12.3 Å². The maximum Gasteiger partial charge on any atom is 0.359 e. The first-order valence-electron chi connectivity index (χ1n) is 6.06. The Kier molecular flexibility index (Phi) is 3.59. The van der Waals surface area contributed by atoms with Gasteiger partial charge in [-0.15, -0.1) is 0 Å². The first-order chi connectivity index (χ1) is 7.83. The lowest BCUT2D eigenvalue weighted by molar-refractivity contribution is 0.0518. The van der Waals surface area contributed by atoms with E-state index in [0.717, 1.165) is 30.5 Å². The first-order valence-corrected chi connectivity index (χ1v) is 6.06. The molecule has 0 amide bonds. The van der Waals surface area contributed by atoms with E-state index in [-0.39, 0.29) is 5.97 Å². The molecule has 1 aromatic rings. The van der Waals surface area contributed by atoms with Gasteiger partial charge >= 0.3 is 5.97 Å².